The van der Waals surface area contributed by atoms with Crippen LogP contribution in [0, 0.1) is 0 Å². The standard InChI is InChI=1S/C24H23ClN4O2S/c1-24(2,3)15-10-8-14(9-11-15)12-20(30)27-21-16-13-19(32-23(16)29-28-21)22(31)26-18-7-5-4-6-17(18)25/h4-11,13H,12H2,1-3H3,(H,26,31)(H2,27,28,29,30). The van der Waals surface area contributed by atoms with Gasteiger partial charge in [0.1, 0.15) is 10.6 Å². The number of carbonyl (C=O) groups excluding carboxylic acids is 2. The van der Waals surface area contributed by atoms with Crippen molar-refractivity contribution in [3.63, 3.8) is 0 Å². The van der Waals surface area contributed by atoms with Crippen LogP contribution in [0.4, 0.5) is 11.5 Å². The second-order valence-corrected chi connectivity index (χ2v) is 9.97. The number of aromatic nitrogens is 2. The van der Waals surface area contributed by atoms with E-state index in [2.05, 4.69) is 53.7 Å². The number of amides is 2. The molecule has 32 heavy (non-hydrogen) atoms. The fourth-order valence-electron chi connectivity index (χ4n) is 3.26. The number of rotatable bonds is 5. The van der Waals surface area contributed by atoms with Crippen LogP contribution in [0.25, 0.3) is 10.2 Å². The summed E-state index contributed by atoms with van der Waals surface area (Å²) < 4.78 is 0. The first-order chi connectivity index (χ1) is 15.2. The van der Waals surface area contributed by atoms with Gasteiger partial charge in [-0.1, -0.05) is 68.8 Å². The van der Waals surface area contributed by atoms with E-state index >= 15 is 0 Å². The van der Waals surface area contributed by atoms with Gasteiger partial charge in [-0.05, 0) is 34.7 Å². The van der Waals surface area contributed by atoms with E-state index in [1.165, 1.54) is 16.9 Å². The highest BCUT2D eigenvalue weighted by atomic mass is 35.5. The van der Waals surface area contributed by atoms with E-state index in [1.54, 1.807) is 30.3 Å². The quantitative estimate of drug-likeness (QED) is 0.336. The van der Waals surface area contributed by atoms with Crippen molar-refractivity contribution in [2.45, 2.75) is 32.6 Å². The Kier molecular flexibility index (Phi) is 6.04. The van der Waals surface area contributed by atoms with Crippen molar-refractivity contribution in [2.24, 2.45) is 0 Å². The summed E-state index contributed by atoms with van der Waals surface area (Å²) in [5, 5.41) is 13.9. The molecule has 0 radical (unpaired) electrons. The molecule has 3 N–H and O–H groups in total. The van der Waals surface area contributed by atoms with Crippen LogP contribution in [-0.4, -0.2) is 22.0 Å². The maximum absolute atomic E-state index is 12.6. The number of aromatic amines is 1. The van der Waals surface area contributed by atoms with E-state index in [4.69, 9.17) is 11.6 Å². The Balaban J connectivity index is 1.45. The summed E-state index contributed by atoms with van der Waals surface area (Å²) in [6.07, 6.45) is 0.245. The molecule has 2 heterocycles. The summed E-state index contributed by atoms with van der Waals surface area (Å²) in [7, 11) is 0. The van der Waals surface area contributed by atoms with Crippen LogP contribution in [0.2, 0.25) is 5.02 Å². The molecule has 164 valence electrons. The number of nitrogens with one attached hydrogen (secondary N) is 3. The number of halogens is 1. The van der Waals surface area contributed by atoms with Crippen molar-refractivity contribution in [1.29, 1.82) is 0 Å². The molecule has 2 aromatic carbocycles. The van der Waals surface area contributed by atoms with Crippen LogP contribution in [0.1, 0.15) is 41.6 Å². The predicted molar refractivity (Wildman–Crippen MR) is 131 cm³/mol. The average molecular weight is 467 g/mol. The van der Waals surface area contributed by atoms with E-state index < -0.39 is 0 Å². The molecule has 0 saturated carbocycles. The van der Waals surface area contributed by atoms with Crippen LogP contribution in [0.15, 0.2) is 54.6 Å². The summed E-state index contributed by atoms with van der Waals surface area (Å²) in [6.45, 7) is 6.46. The van der Waals surface area contributed by atoms with Crippen LogP contribution < -0.4 is 10.6 Å². The van der Waals surface area contributed by atoms with Gasteiger partial charge in [-0.2, -0.15) is 5.10 Å². The topological polar surface area (TPSA) is 86.9 Å². The van der Waals surface area contributed by atoms with Gasteiger partial charge in [-0.15, -0.1) is 11.3 Å². The molecule has 4 aromatic rings. The fourth-order valence-corrected chi connectivity index (χ4v) is 4.33. The highest BCUT2D eigenvalue weighted by molar-refractivity contribution is 7.20. The van der Waals surface area contributed by atoms with Crippen molar-refractivity contribution in [3.05, 3.63) is 75.6 Å². The Morgan fingerprint density at radius 1 is 1.06 bits per heavy atom. The molecule has 0 atom stereocenters. The fraction of sp³-hybridized carbons (Fsp3) is 0.208. The van der Waals surface area contributed by atoms with Gasteiger partial charge in [-0.25, -0.2) is 0 Å². The van der Waals surface area contributed by atoms with Crippen LogP contribution >= 0.6 is 22.9 Å². The summed E-state index contributed by atoms with van der Waals surface area (Å²) in [4.78, 5) is 26.3. The molecule has 6 nitrogen and oxygen atoms in total. The molecule has 0 fully saturated rings. The molecular formula is C24H23ClN4O2S. The SMILES string of the molecule is CC(C)(C)c1ccc(CC(=O)Nc2[nH]nc3sc(C(=O)Nc4ccccc4Cl)cc23)cc1. The predicted octanol–water partition coefficient (Wildman–Crippen LogP) is 6.01. The average Bonchev–Trinajstić information content (AvgIpc) is 3.31. The molecule has 0 aliphatic carbocycles. The molecule has 4 rings (SSSR count). The Morgan fingerprint density at radius 2 is 1.78 bits per heavy atom. The van der Waals surface area contributed by atoms with Crippen molar-refractivity contribution in [1.82, 2.24) is 10.2 Å². The Morgan fingerprint density at radius 3 is 2.47 bits per heavy atom. The maximum atomic E-state index is 12.6. The minimum Gasteiger partial charge on any atom is -0.320 e. The molecule has 0 saturated heterocycles. The number of anilines is 2. The van der Waals surface area contributed by atoms with E-state index in [1.807, 2.05) is 12.1 Å². The summed E-state index contributed by atoms with van der Waals surface area (Å²) in [5.41, 5.74) is 2.75. The zero-order valence-corrected chi connectivity index (χ0v) is 19.5. The minimum atomic E-state index is -0.280. The van der Waals surface area contributed by atoms with Crippen LogP contribution in [-0.2, 0) is 16.6 Å². The first kappa shape index (κ1) is 22.0. The molecule has 0 aliphatic heterocycles. The number of thiophene rings is 1. The van der Waals surface area contributed by atoms with Gasteiger partial charge in [0.2, 0.25) is 5.91 Å². The van der Waals surface area contributed by atoms with E-state index in [-0.39, 0.29) is 23.7 Å². The molecule has 0 spiro atoms. The van der Waals surface area contributed by atoms with E-state index in [9.17, 15) is 9.59 Å². The van der Waals surface area contributed by atoms with Gasteiger partial charge in [0.15, 0.2) is 0 Å². The number of fused-ring (bicyclic) bond motifs is 1. The lowest BCUT2D eigenvalue weighted by Gasteiger charge is -2.19. The largest absolute Gasteiger partial charge is 0.320 e. The summed E-state index contributed by atoms with van der Waals surface area (Å²) in [6, 6.07) is 16.8. The third-order valence-electron chi connectivity index (χ3n) is 5.05. The lowest BCUT2D eigenvalue weighted by molar-refractivity contribution is -0.115. The molecule has 0 bridgehead atoms. The van der Waals surface area contributed by atoms with Gasteiger partial charge in [0.05, 0.1) is 27.4 Å². The Bertz CT molecular complexity index is 1290. The van der Waals surface area contributed by atoms with Gasteiger partial charge in [-0.3, -0.25) is 14.7 Å². The van der Waals surface area contributed by atoms with E-state index in [0.29, 0.717) is 31.6 Å². The van der Waals surface area contributed by atoms with E-state index in [0.717, 1.165) is 5.56 Å². The van der Waals surface area contributed by atoms with Gasteiger partial charge < -0.3 is 10.6 Å². The Labute approximate surface area is 195 Å². The van der Waals surface area contributed by atoms with Crippen molar-refractivity contribution < 1.29 is 9.59 Å². The zero-order valence-electron chi connectivity index (χ0n) is 18.0. The molecular weight excluding hydrogens is 444 g/mol. The number of hydrogen-bond donors (Lipinski definition) is 3. The molecule has 0 unspecified atom stereocenters. The summed E-state index contributed by atoms with van der Waals surface area (Å²) in [5.74, 6) is 0.0361. The zero-order chi connectivity index (χ0) is 22.9. The monoisotopic (exact) mass is 466 g/mol. The van der Waals surface area contributed by atoms with Gasteiger partial charge >= 0.3 is 0 Å². The Hall–Kier alpha value is -3.16. The second-order valence-electron chi connectivity index (χ2n) is 8.53. The highest BCUT2D eigenvalue weighted by Crippen LogP contribution is 2.30. The highest BCUT2D eigenvalue weighted by Gasteiger charge is 2.18. The smallest absolute Gasteiger partial charge is 0.265 e. The number of para-hydroxylation sites is 1. The van der Waals surface area contributed by atoms with Crippen LogP contribution in [0.3, 0.4) is 0 Å². The molecule has 2 aromatic heterocycles. The normalized spacial score (nSPS) is 11.5. The number of hydrogen-bond acceptors (Lipinski definition) is 4. The van der Waals surface area contributed by atoms with Gasteiger partial charge in [0, 0.05) is 0 Å². The van der Waals surface area contributed by atoms with Gasteiger partial charge in [0.25, 0.3) is 5.91 Å². The number of nitrogens with zero attached hydrogens (tertiary/aromatic N) is 1. The molecule has 2 amide bonds. The number of benzene rings is 2. The third kappa shape index (κ3) is 4.84. The number of H-pyrrole nitrogens is 1. The molecule has 0 aliphatic rings. The second kappa shape index (κ2) is 8.76. The lowest BCUT2D eigenvalue weighted by atomic mass is 9.86. The van der Waals surface area contributed by atoms with Crippen LogP contribution in [0.5, 0.6) is 0 Å². The minimum absolute atomic E-state index is 0.0666. The van der Waals surface area contributed by atoms with Crippen molar-refractivity contribution >= 4 is 56.5 Å². The van der Waals surface area contributed by atoms with Crippen molar-refractivity contribution in [2.75, 3.05) is 10.6 Å². The maximum Gasteiger partial charge on any atom is 0.265 e. The third-order valence-corrected chi connectivity index (χ3v) is 6.40. The number of carbonyl (C=O) groups is 2. The van der Waals surface area contributed by atoms with Crippen molar-refractivity contribution in [3.8, 4) is 0 Å². The summed E-state index contributed by atoms with van der Waals surface area (Å²) >= 11 is 7.35. The lowest BCUT2D eigenvalue weighted by Crippen LogP contribution is -2.15. The first-order valence-corrected chi connectivity index (χ1v) is 11.3. The first-order valence-electron chi connectivity index (χ1n) is 10.1. The molecule has 8 heteroatoms.